The van der Waals surface area contributed by atoms with Crippen molar-refractivity contribution in [1.82, 2.24) is 9.80 Å². The van der Waals surface area contributed by atoms with Crippen LogP contribution in [0, 0.1) is 0 Å². The van der Waals surface area contributed by atoms with Crippen LogP contribution in [0.15, 0.2) is 6.07 Å². The van der Waals surface area contributed by atoms with E-state index < -0.39 is 12.1 Å². The highest BCUT2D eigenvalue weighted by atomic mass is 35.5. The van der Waals surface area contributed by atoms with Gasteiger partial charge in [0.25, 0.3) is 5.17 Å². The molecule has 4 nitrogen and oxygen atoms in total. The maximum absolute atomic E-state index is 12.7. The van der Waals surface area contributed by atoms with Gasteiger partial charge in [-0.05, 0) is 36.7 Å². The van der Waals surface area contributed by atoms with Gasteiger partial charge >= 0.3 is 12.1 Å². The molecule has 0 aliphatic carbocycles. The van der Waals surface area contributed by atoms with E-state index in [-0.39, 0.29) is 41.9 Å². The van der Waals surface area contributed by atoms with Gasteiger partial charge in [0.2, 0.25) is 0 Å². The van der Waals surface area contributed by atoms with E-state index in [2.05, 4.69) is 0 Å². The van der Waals surface area contributed by atoms with Gasteiger partial charge in [-0.3, -0.25) is 4.79 Å². The molecule has 1 amide bonds. The number of nitrogens with zero attached hydrogens (tertiary/aromatic N) is 2. The monoisotopic (exact) mass is 414 g/mol. The van der Waals surface area contributed by atoms with Crippen LogP contribution in [0.3, 0.4) is 0 Å². The number of ether oxygens (including phenoxy) is 1. The van der Waals surface area contributed by atoms with Crippen molar-refractivity contribution >= 4 is 46.5 Å². The molecule has 0 radical (unpaired) electrons. The van der Waals surface area contributed by atoms with Crippen LogP contribution in [0.1, 0.15) is 11.1 Å². The molecule has 0 saturated heterocycles. The third-order valence-electron chi connectivity index (χ3n) is 3.74. The van der Waals surface area contributed by atoms with Gasteiger partial charge in [-0.2, -0.15) is 13.2 Å². The molecule has 1 aliphatic rings. The highest BCUT2D eigenvalue weighted by molar-refractivity contribution is 7.80. The predicted octanol–water partition coefficient (Wildman–Crippen LogP) is 3.71. The lowest BCUT2D eigenvalue weighted by Crippen LogP contribution is -2.42. The molecule has 25 heavy (non-hydrogen) atoms. The second kappa shape index (κ2) is 7.55. The zero-order chi connectivity index (χ0) is 18.9. The highest BCUT2D eigenvalue weighted by Gasteiger charge is 2.42. The lowest BCUT2D eigenvalue weighted by atomic mass is 10.0. The average Bonchev–Trinajstić information content (AvgIpc) is 2.72. The van der Waals surface area contributed by atoms with Crippen LogP contribution in [-0.2, 0) is 17.6 Å². The number of amides is 1. The summed E-state index contributed by atoms with van der Waals surface area (Å²) in [5, 5.41) is 0.687. The summed E-state index contributed by atoms with van der Waals surface area (Å²) in [7, 11) is 3.38. The summed E-state index contributed by atoms with van der Waals surface area (Å²) >= 11 is 17.5. The first kappa shape index (κ1) is 20.1. The maximum Gasteiger partial charge on any atom is 0.471 e. The summed E-state index contributed by atoms with van der Waals surface area (Å²) in [5.74, 6) is -1.60. The molecule has 0 saturated carbocycles. The van der Waals surface area contributed by atoms with Gasteiger partial charge < -0.3 is 14.5 Å². The van der Waals surface area contributed by atoms with E-state index in [1.54, 1.807) is 19.0 Å². The number of carbonyl (C=O) groups excluding carboxylic acids is 1. The number of benzene rings is 1. The van der Waals surface area contributed by atoms with E-state index in [0.717, 1.165) is 4.90 Å². The van der Waals surface area contributed by atoms with Gasteiger partial charge in [-0.25, -0.2) is 0 Å². The van der Waals surface area contributed by atoms with Crippen molar-refractivity contribution in [2.45, 2.75) is 19.0 Å². The molecule has 0 N–H and O–H groups in total. The first-order valence-electron chi connectivity index (χ1n) is 7.27. The third-order valence-corrected chi connectivity index (χ3v) is 4.81. The van der Waals surface area contributed by atoms with E-state index in [4.69, 9.17) is 40.2 Å². The first-order valence-corrected chi connectivity index (χ1v) is 8.43. The Morgan fingerprint density at radius 2 is 1.76 bits per heavy atom. The van der Waals surface area contributed by atoms with Gasteiger partial charge in [0.05, 0.1) is 5.02 Å². The zero-order valence-corrected chi connectivity index (χ0v) is 15.7. The number of carbonyl (C=O) groups is 1. The van der Waals surface area contributed by atoms with Crippen LogP contribution >= 0.6 is 35.4 Å². The second-order valence-electron chi connectivity index (χ2n) is 5.68. The van der Waals surface area contributed by atoms with Crippen LogP contribution in [-0.4, -0.2) is 54.2 Å². The molecule has 10 heteroatoms. The summed E-state index contributed by atoms with van der Waals surface area (Å²) in [5.41, 5.74) is 1.18. The number of thiocarbonyl (C=S) groups is 1. The zero-order valence-electron chi connectivity index (χ0n) is 13.4. The molecule has 138 valence electrons. The molecular formula is C15H15Cl2F3N2O2S. The van der Waals surface area contributed by atoms with E-state index >= 15 is 0 Å². The molecule has 0 spiro atoms. The van der Waals surface area contributed by atoms with Crippen LogP contribution in [0.25, 0.3) is 0 Å². The van der Waals surface area contributed by atoms with Crippen molar-refractivity contribution in [1.29, 1.82) is 0 Å². The van der Waals surface area contributed by atoms with Crippen LogP contribution in [0.4, 0.5) is 13.2 Å². The second-order valence-corrected chi connectivity index (χ2v) is 6.84. The molecule has 0 bridgehead atoms. The summed E-state index contributed by atoms with van der Waals surface area (Å²) in [6, 6.07) is 1.47. The summed E-state index contributed by atoms with van der Waals surface area (Å²) in [6.45, 7) is -0.211. The molecule has 0 atom stereocenters. The van der Waals surface area contributed by atoms with Crippen LogP contribution in [0.2, 0.25) is 10.0 Å². The smallest absolute Gasteiger partial charge is 0.430 e. The summed E-state index contributed by atoms with van der Waals surface area (Å²) in [4.78, 5) is 13.8. The Morgan fingerprint density at radius 1 is 1.20 bits per heavy atom. The number of hydrogen-bond acceptors (Lipinski definition) is 3. The molecule has 0 unspecified atom stereocenters. The maximum atomic E-state index is 12.7. The average molecular weight is 415 g/mol. The fourth-order valence-corrected chi connectivity index (χ4v) is 3.22. The Morgan fingerprint density at radius 3 is 2.28 bits per heavy atom. The van der Waals surface area contributed by atoms with E-state index in [1.165, 1.54) is 6.07 Å². The lowest BCUT2D eigenvalue weighted by Gasteiger charge is -2.21. The minimum atomic E-state index is -4.91. The SMILES string of the molecule is CN(C)C(=S)Oc1c(Cl)cc(Cl)c2c1CCN(C(=O)C(F)(F)F)CC2. The van der Waals surface area contributed by atoms with Gasteiger partial charge in [0.15, 0.2) is 5.75 Å². The molecule has 0 fully saturated rings. The quantitative estimate of drug-likeness (QED) is 0.655. The number of rotatable bonds is 1. The van der Waals surface area contributed by atoms with Crippen molar-refractivity contribution < 1.29 is 22.7 Å². The molecule has 1 heterocycles. The standard InChI is InChI=1S/C15H15Cl2F3N2O2S/c1-21(2)14(25)24-12-9-4-6-22(13(23)15(18,19)20)5-3-8(9)10(16)7-11(12)17/h7H,3-6H2,1-2H3. The van der Waals surface area contributed by atoms with E-state index in [9.17, 15) is 18.0 Å². The van der Waals surface area contributed by atoms with Crippen LogP contribution in [0.5, 0.6) is 5.75 Å². The van der Waals surface area contributed by atoms with E-state index in [0.29, 0.717) is 16.1 Å². The van der Waals surface area contributed by atoms with Gasteiger partial charge in [0.1, 0.15) is 0 Å². The molecule has 1 aromatic carbocycles. The Bertz CT molecular complexity index is 711. The fraction of sp³-hybridized carbons (Fsp3) is 0.467. The Hall–Kier alpha value is -1.25. The van der Waals surface area contributed by atoms with Crippen molar-refractivity contribution in [2.75, 3.05) is 27.2 Å². The minimum absolute atomic E-state index is 0.0930. The normalized spacial score (nSPS) is 14.6. The van der Waals surface area contributed by atoms with Gasteiger partial charge in [0, 0.05) is 37.8 Å². The van der Waals surface area contributed by atoms with Crippen molar-refractivity contribution in [3.63, 3.8) is 0 Å². The fourth-order valence-electron chi connectivity index (χ4n) is 2.50. The van der Waals surface area contributed by atoms with Crippen molar-refractivity contribution in [3.8, 4) is 5.75 Å². The molecule has 2 rings (SSSR count). The minimum Gasteiger partial charge on any atom is -0.430 e. The lowest BCUT2D eigenvalue weighted by molar-refractivity contribution is -0.185. The topological polar surface area (TPSA) is 32.8 Å². The highest BCUT2D eigenvalue weighted by Crippen LogP contribution is 2.38. The number of fused-ring (bicyclic) bond motifs is 1. The Labute approximate surface area is 158 Å². The first-order chi connectivity index (χ1) is 11.5. The molecule has 1 aliphatic heterocycles. The molecular weight excluding hydrogens is 400 g/mol. The molecule has 0 aromatic heterocycles. The Balaban J connectivity index is 2.37. The van der Waals surface area contributed by atoms with Crippen molar-refractivity contribution in [3.05, 3.63) is 27.2 Å². The Kier molecular flexibility index (Phi) is 6.06. The van der Waals surface area contributed by atoms with Gasteiger partial charge in [-0.15, -0.1) is 0 Å². The number of alkyl halides is 3. The van der Waals surface area contributed by atoms with E-state index in [1.807, 2.05) is 0 Å². The largest absolute Gasteiger partial charge is 0.471 e. The molecule has 1 aromatic rings. The third kappa shape index (κ3) is 4.48. The predicted molar refractivity (Wildman–Crippen MR) is 93.4 cm³/mol. The number of halogens is 5. The van der Waals surface area contributed by atoms with Crippen molar-refractivity contribution in [2.24, 2.45) is 0 Å². The van der Waals surface area contributed by atoms with Gasteiger partial charge in [-0.1, -0.05) is 23.2 Å². The van der Waals surface area contributed by atoms with Crippen LogP contribution < -0.4 is 4.74 Å². The number of hydrogen-bond donors (Lipinski definition) is 0. The summed E-state index contributed by atoms with van der Waals surface area (Å²) in [6.07, 6.45) is -4.62. The summed E-state index contributed by atoms with van der Waals surface area (Å²) < 4.78 is 43.7.